The van der Waals surface area contributed by atoms with Gasteiger partial charge >= 0.3 is 0 Å². The molecule has 1 amide bonds. The van der Waals surface area contributed by atoms with E-state index in [-0.39, 0.29) is 11.7 Å². The first-order valence-corrected chi connectivity index (χ1v) is 6.29. The molecule has 4 heteroatoms. The Morgan fingerprint density at radius 3 is 2.70 bits per heavy atom. The van der Waals surface area contributed by atoms with Crippen LogP contribution in [0.25, 0.3) is 0 Å². The van der Waals surface area contributed by atoms with Crippen molar-refractivity contribution in [3.05, 3.63) is 59.2 Å². The number of carbonyl (C=O) groups is 1. The SMILES string of the molecule is COCc1ccccc1NC(=O)c1ccc(O)cc1C. The van der Waals surface area contributed by atoms with E-state index < -0.39 is 0 Å². The largest absolute Gasteiger partial charge is 0.508 e. The summed E-state index contributed by atoms with van der Waals surface area (Å²) in [4.78, 5) is 12.3. The van der Waals surface area contributed by atoms with Crippen molar-refractivity contribution in [3.8, 4) is 5.75 Å². The number of hydrogen-bond acceptors (Lipinski definition) is 3. The number of rotatable bonds is 4. The normalized spacial score (nSPS) is 10.3. The van der Waals surface area contributed by atoms with E-state index in [4.69, 9.17) is 4.74 Å². The zero-order chi connectivity index (χ0) is 14.5. The summed E-state index contributed by atoms with van der Waals surface area (Å²) in [6, 6.07) is 12.2. The number of ether oxygens (including phenoxy) is 1. The molecule has 0 radical (unpaired) electrons. The summed E-state index contributed by atoms with van der Waals surface area (Å²) >= 11 is 0. The van der Waals surface area contributed by atoms with Crippen LogP contribution < -0.4 is 5.32 Å². The molecule has 0 aliphatic carbocycles. The average Bonchev–Trinajstić information content (AvgIpc) is 2.41. The number of para-hydroxylation sites is 1. The fraction of sp³-hybridized carbons (Fsp3) is 0.188. The monoisotopic (exact) mass is 271 g/mol. The van der Waals surface area contributed by atoms with Crippen LogP contribution in [0.1, 0.15) is 21.5 Å². The minimum Gasteiger partial charge on any atom is -0.508 e. The van der Waals surface area contributed by atoms with Gasteiger partial charge in [0.25, 0.3) is 5.91 Å². The second kappa shape index (κ2) is 6.21. The highest BCUT2D eigenvalue weighted by Gasteiger charge is 2.11. The molecule has 2 N–H and O–H groups in total. The molecule has 0 saturated heterocycles. The minimum absolute atomic E-state index is 0.152. The molecular weight excluding hydrogens is 254 g/mol. The van der Waals surface area contributed by atoms with E-state index >= 15 is 0 Å². The summed E-state index contributed by atoms with van der Waals surface area (Å²) in [5.41, 5.74) is 2.91. The van der Waals surface area contributed by atoms with Crippen molar-refractivity contribution in [2.45, 2.75) is 13.5 Å². The lowest BCUT2D eigenvalue weighted by Crippen LogP contribution is -2.14. The molecule has 2 aromatic rings. The van der Waals surface area contributed by atoms with Gasteiger partial charge in [0, 0.05) is 23.9 Å². The Labute approximate surface area is 118 Å². The molecule has 2 aromatic carbocycles. The zero-order valence-electron chi connectivity index (χ0n) is 11.5. The number of aromatic hydroxyl groups is 1. The Bertz CT molecular complexity index is 623. The van der Waals surface area contributed by atoms with Crippen LogP contribution in [-0.2, 0) is 11.3 Å². The maximum absolute atomic E-state index is 12.3. The smallest absolute Gasteiger partial charge is 0.255 e. The van der Waals surface area contributed by atoms with Gasteiger partial charge in [0.15, 0.2) is 0 Å². The summed E-state index contributed by atoms with van der Waals surface area (Å²) in [5, 5.41) is 12.2. The number of methoxy groups -OCH3 is 1. The number of carbonyl (C=O) groups excluding carboxylic acids is 1. The van der Waals surface area contributed by atoms with Crippen LogP contribution in [-0.4, -0.2) is 18.1 Å². The van der Waals surface area contributed by atoms with E-state index in [1.807, 2.05) is 24.3 Å². The third kappa shape index (κ3) is 3.16. The maximum Gasteiger partial charge on any atom is 0.255 e. The Hall–Kier alpha value is -2.33. The van der Waals surface area contributed by atoms with Gasteiger partial charge in [0.1, 0.15) is 5.75 Å². The number of phenols is 1. The third-order valence-corrected chi connectivity index (χ3v) is 3.02. The summed E-state index contributed by atoms with van der Waals surface area (Å²) in [6.45, 7) is 2.22. The fourth-order valence-electron chi connectivity index (χ4n) is 2.02. The first kappa shape index (κ1) is 14.1. The van der Waals surface area contributed by atoms with Gasteiger partial charge in [-0.05, 0) is 36.8 Å². The minimum atomic E-state index is -0.203. The van der Waals surface area contributed by atoms with Gasteiger partial charge < -0.3 is 15.2 Å². The van der Waals surface area contributed by atoms with E-state index in [2.05, 4.69) is 5.32 Å². The highest BCUT2D eigenvalue weighted by Crippen LogP contribution is 2.20. The van der Waals surface area contributed by atoms with Gasteiger partial charge in [-0.15, -0.1) is 0 Å². The second-order valence-corrected chi connectivity index (χ2v) is 4.54. The molecule has 2 rings (SSSR count). The van der Waals surface area contributed by atoms with Crippen molar-refractivity contribution in [1.29, 1.82) is 0 Å². The van der Waals surface area contributed by atoms with Gasteiger partial charge in [-0.2, -0.15) is 0 Å². The first-order valence-electron chi connectivity index (χ1n) is 6.29. The lowest BCUT2D eigenvalue weighted by molar-refractivity contribution is 0.102. The van der Waals surface area contributed by atoms with E-state index in [0.717, 1.165) is 16.8 Å². The van der Waals surface area contributed by atoms with Crippen molar-refractivity contribution in [1.82, 2.24) is 0 Å². The molecule has 0 bridgehead atoms. The molecule has 0 aliphatic heterocycles. The van der Waals surface area contributed by atoms with E-state index in [9.17, 15) is 9.90 Å². The van der Waals surface area contributed by atoms with Crippen molar-refractivity contribution < 1.29 is 14.6 Å². The number of aryl methyl sites for hydroxylation is 1. The molecule has 4 nitrogen and oxygen atoms in total. The van der Waals surface area contributed by atoms with Gasteiger partial charge in [0.05, 0.1) is 6.61 Å². The molecule has 0 fully saturated rings. The Morgan fingerprint density at radius 1 is 1.25 bits per heavy atom. The van der Waals surface area contributed by atoms with Crippen LogP contribution in [0, 0.1) is 6.92 Å². The van der Waals surface area contributed by atoms with Crippen LogP contribution >= 0.6 is 0 Å². The first-order chi connectivity index (χ1) is 9.61. The molecule has 20 heavy (non-hydrogen) atoms. The zero-order valence-corrected chi connectivity index (χ0v) is 11.5. The van der Waals surface area contributed by atoms with Gasteiger partial charge in [-0.3, -0.25) is 4.79 Å². The molecule has 0 aliphatic rings. The number of nitrogens with one attached hydrogen (secondary N) is 1. The molecule has 104 valence electrons. The van der Waals surface area contributed by atoms with Crippen molar-refractivity contribution in [3.63, 3.8) is 0 Å². The maximum atomic E-state index is 12.3. The van der Waals surface area contributed by atoms with Gasteiger partial charge in [0.2, 0.25) is 0 Å². The molecule has 0 aromatic heterocycles. The van der Waals surface area contributed by atoms with Crippen LogP contribution in [0.2, 0.25) is 0 Å². The standard InChI is InChI=1S/C16H17NO3/c1-11-9-13(18)7-8-14(11)16(19)17-15-6-4-3-5-12(15)10-20-2/h3-9,18H,10H2,1-2H3,(H,17,19). The highest BCUT2D eigenvalue weighted by molar-refractivity contribution is 6.05. The second-order valence-electron chi connectivity index (χ2n) is 4.54. The van der Waals surface area contributed by atoms with Crippen LogP contribution in [0.15, 0.2) is 42.5 Å². The predicted molar refractivity (Wildman–Crippen MR) is 78.0 cm³/mol. The van der Waals surface area contributed by atoms with E-state index in [1.54, 1.807) is 26.2 Å². The number of phenolic OH excluding ortho intramolecular Hbond substituents is 1. The van der Waals surface area contributed by atoms with Crippen LogP contribution in [0.4, 0.5) is 5.69 Å². The molecule has 0 heterocycles. The van der Waals surface area contributed by atoms with Crippen LogP contribution in [0.3, 0.4) is 0 Å². The fourth-order valence-corrected chi connectivity index (χ4v) is 2.02. The Balaban J connectivity index is 2.23. The average molecular weight is 271 g/mol. The topological polar surface area (TPSA) is 58.6 Å². The van der Waals surface area contributed by atoms with E-state index in [1.165, 1.54) is 6.07 Å². The lowest BCUT2D eigenvalue weighted by atomic mass is 10.1. The molecule has 0 atom stereocenters. The highest BCUT2D eigenvalue weighted by atomic mass is 16.5. The Morgan fingerprint density at radius 2 is 2.00 bits per heavy atom. The molecule has 0 saturated carbocycles. The third-order valence-electron chi connectivity index (χ3n) is 3.02. The lowest BCUT2D eigenvalue weighted by Gasteiger charge is -2.11. The van der Waals surface area contributed by atoms with Crippen molar-refractivity contribution in [2.75, 3.05) is 12.4 Å². The molecule has 0 spiro atoms. The van der Waals surface area contributed by atoms with Crippen LogP contribution in [0.5, 0.6) is 5.75 Å². The summed E-state index contributed by atoms with van der Waals surface area (Å²) < 4.78 is 5.11. The number of anilines is 1. The summed E-state index contributed by atoms with van der Waals surface area (Å²) in [6.07, 6.45) is 0. The molecule has 0 unspecified atom stereocenters. The summed E-state index contributed by atoms with van der Waals surface area (Å²) in [7, 11) is 1.61. The quantitative estimate of drug-likeness (QED) is 0.898. The van der Waals surface area contributed by atoms with Gasteiger partial charge in [-0.25, -0.2) is 0 Å². The number of amides is 1. The van der Waals surface area contributed by atoms with Crippen molar-refractivity contribution in [2.24, 2.45) is 0 Å². The number of benzene rings is 2. The Kier molecular flexibility index (Phi) is 4.38. The predicted octanol–water partition coefficient (Wildman–Crippen LogP) is 3.10. The van der Waals surface area contributed by atoms with Gasteiger partial charge in [-0.1, -0.05) is 18.2 Å². The van der Waals surface area contributed by atoms with Crippen molar-refractivity contribution >= 4 is 11.6 Å². The van der Waals surface area contributed by atoms with E-state index in [0.29, 0.717) is 12.2 Å². The molecular formula is C16H17NO3. The summed E-state index contributed by atoms with van der Waals surface area (Å²) in [5.74, 6) is -0.0510. The number of hydrogen-bond donors (Lipinski definition) is 2.